The molecule has 0 saturated heterocycles. The molecule has 1 aliphatic carbocycles. The summed E-state index contributed by atoms with van der Waals surface area (Å²) in [6.07, 6.45) is 8.45. The SMILES string of the molecule is CCC(N)c1nnc(CCC2CCCC2)o1. The summed E-state index contributed by atoms with van der Waals surface area (Å²) in [5.41, 5.74) is 5.83. The minimum atomic E-state index is -0.104. The van der Waals surface area contributed by atoms with Crippen molar-refractivity contribution >= 4 is 0 Å². The summed E-state index contributed by atoms with van der Waals surface area (Å²) in [5.74, 6) is 2.21. The summed E-state index contributed by atoms with van der Waals surface area (Å²) >= 11 is 0. The van der Waals surface area contributed by atoms with Gasteiger partial charge in [0.15, 0.2) is 0 Å². The Hall–Kier alpha value is -0.900. The van der Waals surface area contributed by atoms with E-state index < -0.39 is 0 Å². The van der Waals surface area contributed by atoms with Crippen molar-refractivity contribution in [3.05, 3.63) is 11.8 Å². The summed E-state index contributed by atoms with van der Waals surface area (Å²) in [5, 5.41) is 8.04. The van der Waals surface area contributed by atoms with E-state index in [0.717, 1.165) is 24.7 Å². The Morgan fingerprint density at radius 2 is 2.12 bits per heavy atom. The average molecular weight is 223 g/mol. The van der Waals surface area contributed by atoms with Crippen LogP contribution in [-0.2, 0) is 6.42 Å². The van der Waals surface area contributed by atoms with Crippen LogP contribution in [0.4, 0.5) is 0 Å². The van der Waals surface area contributed by atoms with Gasteiger partial charge in [0.05, 0.1) is 6.04 Å². The van der Waals surface area contributed by atoms with Gasteiger partial charge in [-0.25, -0.2) is 0 Å². The fourth-order valence-electron chi connectivity index (χ4n) is 2.32. The second-order valence-corrected chi connectivity index (χ2v) is 4.74. The van der Waals surface area contributed by atoms with Crippen molar-refractivity contribution < 1.29 is 4.42 Å². The second kappa shape index (κ2) is 5.43. The molecule has 1 aliphatic rings. The number of nitrogens with two attached hydrogens (primary N) is 1. The van der Waals surface area contributed by atoms with Crippen molar-refractivity contribution in [2.24, 2.45) is 11.7 Å². The Bertz CT molecular complexity index is 318. The van der Waals surface area contributed by atoms with Gasteiger partial charge >= 0.3 is 0 Å². The second-order valence-electron chi connectivity index (χ2n) is 4.74. The standard InChI is InChI=1S/C12H21N3O/c1-2-10(13)12-15-14-11(16-12)8-7-9-5-3-4-6-9/h9-10H,2-8,13H2,1H3. The van der Waals surface area contributed by atoms with Crippen molar-refractivity contribution in [2.45, 2.75) is 57.9 Å². The molecule has 2 N–H and O–H groups in total. The average Bonchev–Trinajstić information content (AvgIpc) is 2.96. The molecular weight excluding hydrogens is 202 g/mol. The molecular formula is C12H21N3O. The maximum absolute atomic E-state index is 5.83. The number of nitrogens with zero attached hydrogens (tertiary/aromatic N) is 2. The zero-order chi connectivity index (χ0) is 11.4. The topological polar surface area (TPSA) is 64.9 Å². The molecule has 1 atom stereocenters. The van der Waals surface area contributed by atoms with Crippen molar-refractivity contribution in [3.8, 4) is 0 Å². The molecule has 2 rings (SSSR count). The van der Waals surface area contributed by atoms with Crippen LogP contribution in [-0.4, -0.2) is 10.2 Å². The minimum absolute atomic E-state index is 0.104. The van der Waals surface area contributed by atoms with Gasteiger partial charge in [0, 0.05) is 6.42 Å². The normalized spacial score (nSPS) is 19.1. The minimum Gasteiger partial charge on any atom is -0.424 e. The summed E-state index contributed by atoms with van der Waals surface area (Å²) in [4.78, 5) is 0. The molecule has 0 spiro atoms. The van der Waals surface area contributed by atoms with Crippen molar-refractivity contribution in [1.82, 2.24) is 10.2 Å². The molecule has 0 amide bonds. The number of hydrogen-bond donors (Lipinski definition) is 1. The van der Waals surface area contributed by atoms with Crippen molar-refractivity contribution in [1.29, 1.82) is 0 Å². The fourth-order valence-corrected chi connectivity index (χ4v) is 2.32. The largest absolute Gasteiger partial charge is 0.424 e. The fraction of sp³-hybridized carbons (Fsp3) is 0.833. The number of aryl methyl sites for hydroxylation is 1. The first-order valence-corrected chi connectivity index (χ1v) is 6.37. The lowest BCUT2D eigenvalue weighted by atomic mass is 10.0. The maximum atomic E-state index is 5.83. The Kier molecular flexibility index (Phi) is 3.93. The third-order valence-electron chi connectivity index (χ3n) is 3.48. The van der Waals surface area contributed by atoms with Gasteiger partial charge in [-0.1, -0.05) is 32.6 Å². The van der Waals surface area contributed by atoms with E-state index in [1.165, 1.54) is 32.1 Å². The highest BCUT2D eigenvalue weighted by Crippen LogP contribution is 2.28. The van der Waals surface area contributed by atoms with Crippen LogP contribution in [0.5, 0.6) is 0 Å². The highest BCUT2D eigenvalue weighted by Gasteiger charge is 2.17. The molecule has 16 heavy (non-hydrogen) atoms. The molecule has 1 heterocycles. The maximum Gasteiger partial charge on any atom is 0.233 e. The number of aromatic nitrogens is 2. The lowest BCUT2D eigenvalue weighted by Crippen LogP contribution is -2.08. The van der Waals surface area contributed by atoms with Gasteiger partial charge in [0.25, 0.3) is 0 Å². The van der Waals surface area contributed by atoms with Crippen LogP contribution < -0.4 is 5.73 Å². The molecule has 1 aromatic rings. The van der Waals surface area contributed by atoms with Crippen molar-refractivity contribution in [3.63, 3.8) is 0 Å². The first-order valence-electron chi connectivity index (χ1n) is 6.37. The van der Waals surface area contributed by atoms with E-state index in [0.29, 0.717) is 5.89 Å². The summed E-state index contributed by atoms with van der Waals surface area (Å²) in [7, 11) is 0. The molecule has 4 nitrogen and oxygen atoms in total. The first-order chi connectivity index (χ1) is 7.79. The summed E-state index contributed by atoms with van der Waals surface area (Å²) < 4.78 is 5.55. The predicted molar refractivity (Wildman–Crippen MR) is 61.8 cm³/mol. The Labute approximate surface area is 96.6 Å². The Balaban J connectivity index is 1.82. The van der Waals surface area contributed by atoms with E-state index in [9.17, 15) is 0 Å². The van der Waals surface area contributed by atoms with Gasteiger partial charge in [0.1, 0.15) is 0 Å². The molecule has 4 heteroatoms. The third-order valence-corrected chi connectivity index (χ3v) is 3.48. The van der Waals surface area contributed by atoms with Crippen LogP contribution in [0.2, 0.25) is 0 Å². The zero-order valence-corrected chi connectivity index (χ0v) is 9.98. The van der Waals surface area contributed by atoms with Crippen LogP contribution in [0.15, 0.2) is 4.42 Å². The van der Waals surface area contributed by atoms with Crippen LogP contribution in [0.25, 0.3) is 0 Å². The smallest absolute Gasteiger partial charge is 0.233 e. The molecule has 0 bridgehead atoms. The monoisotopic (exact) mass is 223 g/mol. The zero-order valence-electron chi connectivity index (χ0n) is 9.98. The Morgan fingerprint density at radius 3 is 2.81 bits per heavy atom. The first kappa shape index (κ1) is 11.6. The molecule has 1 unspecified atom stereocenters. The number of hydrogen-bond acceptors (Lipinski definition) is 4. The van der Waals surface area contributed by atoms with E-state index >= 15 is 0 Å². The number of rotatable bonds is 5. The van der Waals surface area contributed by atoms with Crippen LogP contribution in [0, 0.1) is 5.92 Å². The molecule has 1 aromatic heterocycles. The van der Waals surface area contributed by atoms with Gasteiger partial charge in [0.2, 0.25) is 11.8 Å². The molecule has 0 radical (unpaired) electrons. The van der Waals surface area contributed by atoms with Crippen LogP contribution >= 0.6 is 0 Å². The van der Waals surface area contributed by atoms with Crippen LogP contribution in [0.1, 0.15) is 63.3 Å². The Morgan fingerprint density at radius 1 is 1.38 bits per heavy atom. The highest BCUT2D eigenvalue weighted by molar-refractivity contribution is 4.88. The van der Waals surface area contributed by atoms with E-state index in [4.69, 9.17) is 10.2 Å². The summed E-state index contributed by atoms with van der Waals surface area (Å²) in [6, 6.07) is -0.104. The molecule has 1 fully saturated rings. The van der Waals surface area contributed by atoms with E-state index in [1.54, 1.807) is 0 Å². The quantitative estimate of drug-likeness (QED) is 0.833. The van der Waals surface area contributed by atoms with Gasteiger partial charge in [-0.2, -0.15) is 0 Å². The predicted octanol–water partition coefficient (Wildman–Crippen LogP) is 2.60. The van der Waals surface area contributed by atoms with Crippen LogP contribution in [0.3, 0.4) is 0 Å². The van der Waals surface area contributed by atoms with Gasteiger partial charge < -0.3 is 10.2 Å². The van der Waals surface area contributed by atoms with Gasteiger partial charge in [-0.3, -0.25) is 0 Å². The van der Waals surface area contributed by atoms with E-state index in [2.05, 4.69) is 10.2 Å². The molecule has 0 aromatic carbocycles. The lowest BCUT2D eigenvalue weighted by Gasteiger charge is -2.05. The molecule has 1 saturated carbocycles. The highest BCUT2D eigenvalue weighted by atomic mass is 16.4. The van der Waals surface area contributed by atoms with Gasteiger partial charge in [-0.05, 0) is 18.8 Å². The summed E-state index contributed by atoms with van der Waals surface area (Å²) in [6.45, 7) is 2.02. The third kappa shape index (κ3) is 2.82. The van der Waals surface area contributed by atoms with E-state index in [-0.39, 0.29) is 6.04 Å². The van der Waals surface area contributed by atoms with E-state index in [1.807, 2.05) is 6.92 Å². The van der Waals surface area contributed by atoms with Crippen molar-refractivity contribution in [2.75, 3.05) is 0 Å². The van der Waals surface area contributed by atoms with Gasteiger partial charge in [-0.15, -0.1) is 10.2 Å². The molecule has 90 valence electrons. The lowest BCUT2D eigenvalue weighted by molar-refractivity contribution is 0.393. The molecule has 0 aliphatic heterocycles.